The molecule has 0 aromatic heterocycles. The maximum atomic E-state index is 12.3. The monoisotopic (exact) mass is 331 g/mol. The minimum Gasteiger partial charge on any atom is -0.480 e. The normalized spacial score (nSPS) is 18.3. The summed E-state index contributed by atoms with van der Waals surface area (Å²) in [7, 11) is -3.86. The second-order valence-corrected chi connectivity index (χ2v) is 7.44. The molecule has 1 atom stereocenters. The number of carboxylic acid groups (broad SMARTS) is 1. The average molecular weight is 332 g/mol. The first-order chi connectivity index (χ1) is 9.90. The minimum atomic E-state index is -3.86. The molecule has 0 spiro atoms. The van der Waals surface area contributed by atoms with Gasteiger partial charge in [0.05, 0.1) is 4.90 Å². The van der Waals surface area contributed by atoms with Crippen molar-refractivity contribution in [1.29, 1.82) is 0 Å². The quantitative estimate of drug-likeness (QED) is 0.868. The third-order valence-corrected chi connectivity index (χ3v) is 5.50. The Hall–Kier alpha value is -1.11. The van der Waals surface area contributed by atoms with Crippen molar-refractivity contribution < 1.29 is 18.3 Å². The maximum absolute atomic E-state index is 12.3. The molecule has 0 heterocycles. The summed E-state index contributed by atoms with van der Waals surface area (Å²) in [6.07, 6.45) is 4.43. The summed E-state index contributed by atoms with van der Waals surface area (Å²) in [6.45, 7) is 0. The van der Waals surface area contributed by atoms with Crippen LogP contribution in [0.25, 0.3) is 0 Å². The van der Waals surface area contributed by atoms with Gasteiger partial charge in [0, 0.05) is 5.02 Å². The summed E-state index contributed by atoms with van der Waals surface area (Å²) >= 11 is 5.73. The number of hydrogen-bond donors (Lipinski definition) is 2. The van der Waals surface area contributed by atoms with Gasteiger partial charge in [0.1, 0.15) is 6.04 Å². The van der Waals surface area contributed by atoms with Crippen molar-refractivity contribution in [3.8, 4) is 0 Å². The second-order valence-electron chi connectivity index (χ2n) is 5.29. The number of benzene rings is 1. The molecule has 7 heteroatoms. The molecule has 116 valence electrons. The lowest BCUT2D eigenvalue weighted by Gasteiger charge is -2.27. The maximum Gasteiger partial charge on any atom is 0.322 e. The van der Waals surface area contributed by atoms with Gasteiger partial charge in [-0.05, 0) is 43.0 Å². The van der Waals surface area contributed by atoms with Crippen molar-refractivity contribution in [2.75, 3.05) is 0 Å². The van der Waals surface area contributed by atoms with Gasteiger partial charge in [-0.15, -0.1) is 0 Å². The van der Waals surface area contributed by atoms with Gasteiger partial charge < -0.3 is 5.11 Å². The van der Waals surface area contributed by atoms with Crippen LogP contribution in [-0.2, 0) is 14.8 Å². The van der Waals surface area contributed by atoms with Crippen LogP contribution < -0.4 is 4.72 Å². The van der Waals surface area contributed by atoms with Crippen LogP contribution >= 0.6 is 11.6 Å². The molecule has 2 N–H and O–H groups in total. The van der Waals surface area contributed by atoms with Gasteiger partial charge in [0.2, 0.25) is 10.0 Å². The van der Waals surface area contributed by atoms with E-state index in [9.17, 15) is 18.3 Å². The molecule has 1 fully saturated rings. The molecule has 1 aliphatic carbocycles. The molecule has 5 nitrogen and oxygen atoms in total. The lowest BCUT2D eigenvalue weighted by Crippen LogP contribution is -2.46. The SMILES string of the molecule is O=C(O)[C@@H](NS(=O)(=O)c1ccc(Cl)cc1)C1CCCCC1. The van der Waals surface area contributed by atoms with Crippen LogP contribution in [0.1, 0.15) is 32.1 Å². The van der Waals surface area contributed by atoms with Crippen molar-refractivity contribution in [3.05, 3.63) is 29.3 Å². The van der Waals surface area contributed by atoms with Gasteiger partial charge in [0.15, 0.2) is 0 Å². The van der Waals surface area contributed by atoms with Crippen molar-refractivity contribution in [3.63, 3.8) is 0 Å². The van der Waals surface area contributed by atoms with Crippen molar-refractivity contribution in [1.82, 2.24) is 4.72 Å². The van der Waals surface area contributed by atoms with E-state index >= 15 is 0 Å². The highest BCUT2D eigenvalue weighted by molar-refractivity contribution is 7.89. The van der Waals surface area contributed by atoms with Crippen LogP contribution in [0.15, 0.2) is 29.2 Å². The van der Waals surface area contributed by atoms with Gasteiger partial charge in [0.25, 0.3) is 0 Å². The Labute approximate surface area is 129 Å². The fourth-order valence-corrected chi connectivity index (χ4v) is 4.05. The van der Waals surface area contributed by atoms with Gasteiger partial charge in [-0.1, -0.05) is 30.9 Å². The summed E-state index contributed by atoms with van der Waals surface area (Å²) < 4.78 is 26.9. The van der Waals surface area contributed by atoms with E-state index in [0.717, 1.165) is 32.1 Å². The van der Waals surface area contributed by atoms with E-state index < -0.39 is 22.0 Å². The van der Waals surface area contributed by atoms with Crippen LogP contribution in [-0.4, -0.2) is 25.5 Å². The molecule has 1 aliphatic rings. The van der Waals surface area contributed by atoms with Crippen LogP contribution in [0.2, 0.25) is 5.02 Å². The number of sulfonamides is 1. The van der Waals surface area contributed by atoms with Gasteiger partial charge in [-0.2, -0.15) is 4.72 Å². The number of nitrogens with one attached hydrogen (secondary N) is 1. The molecular formula is C14H18ClNO4S. The smallest absolute Gasteiger partial charge is 0.322 e. The molecule has 0 amide bonds. The van der Waals surface area contributed by atoms with Crippen molar-refractivity contribution in [2.24, 2.45) is 5.92 Å². The minimum absolute atomic E-state index is 0.0222. The number of hydrogen-bond acceptors (Lipinski definition) is 3. The number of halogens is 1. The highest BCUT2D eigenvalue weighted by Crippen LogP contribution is 2.27. The molecule has 1 aromatic rings. The first-order valence-electron chi connectivity index (χ1n) is 6.91. The van der Waals surface area contributed by atoms with Crippen LogP contribution in [0.5, 0.6) is 0 Å². The first kappa shape index (κ1) is 16.3. The molecule has 0 unspecified atom stereocenters. The number of rotatable bonds is 5. The number of carboxylic acids is 1. The molecule has 2 rings (SSSR count). The highest BCUT2D eigenvalue weighted by Gasteiger charge is 2.33. The molecule has 0 aliphatic heterocycles. The summed E-state index contributed by atoms with van der Waals surface area (Å²) in [5.74, 6) is -1.28. The number of carbonyl (C=O) groups is 1. The zero-order valence-electron chi connectivity index (χ0n) is 11.5. The third kappa shape index (κ3) is 4.18. The van der Waals surface area contributed by atoms with E-state index in [-0.39, 0.29) is 10.8 Å². The van der Waals surface area contributed by atoms with Crippen molar-refractivity contribution in [2.45, 2.75) is 43.0 Å². The molecular weight excluding hydrogens is 314 g/mol. The zero-order chi connectivity index (χ0) is 15.5. The Bertz CT molecular complexity index is 594. The fraction of sp³-hybridized carbons (Fsp3) is 0.500. The molecule has 0 saturated heterocycles. The van der Waals surface area contributed by atoms with Gasteiger partial charge in [-0.3, -0.25) is 4.79 Å². The van der Waals surface area contributed by atoms with E-state index in [2.05, 4.69) is 4.72 Å². The molecule has 0 bridgehead atoms. The summed E-state index contributed by atoms with van der Waals surface area (Å²) in [6, 6.07) is 4.58. The van der Waals surface area contributed by atoms with Crippen LogP contribution in [0, 0.1) is 5.92 Å². The molecule has 21 heavy (non-hydrogen) atoms. The van der Waals surface area contributed by atoms with E-state index in [1.54, 1.807) is 0 Å². The predicted octanol–water partition coefficient (Wildman–Crippen LogP) is 2.65. The van der Waals surface area contributed by atoms with Gasteiger partial charge >= 0.3 is 5.97 Å². The molecule has 1 saturated carbocycles. The van der Waals surface area contributed by atoms with E-state index in [1.807, 2.05) is 0 Å². The highest BCUT2D eigenvalue weighted by atomic mass is 35.5. The second kappa shape index (κ2) is 6.77. The van der Waals surface area contributed by atoms with Gasteiger partial charge in [-0.25, -0.2) is 8.42 Å². The topological polar surface area (TPSA) is 83.5 Å². The fourth-order valence-electron chi connectivity index (χ4n) is 2.66. The lowest BCUT2D eigenvalue weighted by atomic mass is 9.84. The zero-order valence-corrected chi connectivity index (χ0v) is 13.0. The van der Waals surface area contributed by atoms with Crippen LogP contribution in [0.4, 0.5) is 0 Å². The first-order valence-corrected chi connectivity index (χ1v) is 8.77. The average Bonchev–Trinajstić information content (AvgIpc) is 2.46. The Morgan fingerprint density at radius 1 is 1.19 bits per heavy atom. The molecule has 1 aromatic carbocycles. The lowest BCUT2D eigenvalue weighted by molar-refractivity contribution is -0.140. The van der Waals surface area contributed by atoms with Crippen LogP contribution in [0.3, 0.4) is 0 Å². The standard InChI is InChI=1S/C14H18ClNO4S/c15-11-6-8-12(9-7-11)21(19,20)16-13(14(17)18)10-4-2-1-3-5-10/h6-10,13,16H,1-5H2,(H,17,18)/t13-/m0/s1. The third-order valence-electron chi connectivity index (χ3n) is 3.79. The summed E-state index contributed by atoms with van der Waals surface area (Å²) in [5, 5.41) is 9.76. The number of aliphatic carboxylic acids is 1. The Balaban J connectivity index is 2.18. The largest absolute Gasteiger partial charge is 0.480 e. The van der Waals surface area contributed by atoms with E-state index in [4.69, 9.17) is 11.6 Å². The predicted molar refractivity (Wildman–Crippen MR) is 79.8 cm³/mol. The van der Waals surface area contributed by atoms with E-state index in [0.29, 0.717) is 5.02 Å². The summed E-state index contributed by atoms with van der Waals surface area (Å²) in [4.78, 5) is 11.4. The van der Waals surface area contributed by atoms with Crippen molar-refractivity contribution >= 4 is 27.6 Å². The Morgan fingerprint density at radius 3 is 2.29 bits per heavy atom. The Morgan fingerprint density at radius 2 is 1.76 bits per heavy atom. The molecule has 0 radical (unpaired) electrons. The summed E-state index contributed by atoms with van der Waals surface area (Å²) in [5.41, 5.74) is 0. The van der Waals surface area contributed by atoms with E-state index in [1.165, 1.54) is 24.3 Å². The Kier molecular flexibility index (Phi) is 5.24.